The van der Waals surface area contributed by atoms with E-state index in [-0.39, 0.29) is 6.04 Å². The fraction of sp³-hybridized carbons (Fsp3) is 0.385. The van der Waals surface area contributed by atoms with Gasteiger partial charge in [-0.2, -0.15) is 0 Å². The molecule has 0 aliphatic heterocycles. The molecular formula is C13H17BrN4O. The van der Waals surface area contributed by atoms with E-state index in [1.807, 2.05) is 32.3 Å². The Kier molecular flexibility index (Phi) is 4.55. The highest BCUT2D eigenvalue weighted by Gasteiger charge is 2.20. The predicted molar refractivity (Wildman–Crippen MR) is 77.2 cm³/mol. The molecule has 1 aromatic carbocycles. The molecule has 1 N–H and O–H groups in total. The molecule has 1 heterocycles. The number of hydrogen-bond acceptors (Lipinski definition) is 4. The van der Waals surface area contributed by atoms with Crippen LogP contribution in [0.25, 0.3) is 0 Å². The summed E-state index contributed by atoms with van der Waals surface area (Å²) in [7, 11) is 5.51. The molecule has 0 fully saturated rings. The lowest BCUT2D eigenvalue weighted by Gasteiger charge is -2.18. The van der Waals surface area contributed by atoms with Gasteiger partial charge in [0.05, 0.1) is 18.8 Å². The van der Waals surface area contributed by atoms with Crippen molar-refractivity contribution in [2.45, 2.75) is 12.5 Å². The molecule has 2 rings (SSSR count). The third kappa shape index (κ3) is 2.96. The summed E-state index contributed by atoms with van der Waals surface area (Å²) >= 11 is 3.44. The maximum absolute atomic E-state index is 5.39. The van der Waals surface area contributed by atoms with Crippen molar-refractivity contribution in [1.29, 1.82) is 0 Å². The summed E-state index contributed by atoms with van der Waals surface area (Å²) in [6.45, 7) is 0. The van der Waals surface area contributed by atoms with E-state index in [4.69, 9.17) is 4.74 Å². The summed E-state index contributed by atoms with van der Waals surface area (Å²) in [6.07, 6.45) is 0.806. The van der Waals surface area contributed by atoms with Crippen LogP contribution in [0.4, 0.5) is 0 Å². The first-order valence-corrected chi connectivity index (χ1v) is 6.81. The molecule has 6 heteroatoms. The van der Waals surface area contributed by atoms with E-state index in [1.54, 1.807) is 11.8 Å². The lowest BCUT2D eigenvalue weighted by Crippen LogP contribution is -2.22. The van der Waals surface area contributed by atoms with Gasteiger partial charge >= 0.3 is 0 Å². The fourth-order valence-corrected chi connectivity index (χ4v) is 2.74. The number of methoxy groups -OCH3 is 1. The number of likely N-dealkylation sites (N-methyl/N-ethyl adjacent to an activating group) is 1. The molecule has 19 heavy (non-hydrogen) atoms. The first-order valence-electron chi connectivity index (χ1n) is 6.01. The van der Waals surface area contributed by atoms with Gasteiger partial charge in [0.2, 0.25) is 0 Å². The molecule has 1 unspecified atom stereocenters. The van der Waals surface area contributed by atoms with Crippen LogP contribution in [0.5, 0.6) is 5.75 Å². The van der Waals surface area contributed by atoms with Crippen LogP contribution in [-0.2, 0) is 13.5 Å². The van der Waals surface area contributed by atoms with Crippen LogP contribution in [0.2, 0.25) is 0 Å². The molecular weight excluding hydrogens is 308 g/mol. The number of aryl methyl sites for hydroxylation is 1. The van der Waals surface area contributed by atoms with E-state index in [0.29, 0.717) is 0 Å². The minimum absolute atomic E-state index is 0.116. The highest BCUT2D eigenvalue weighted by molar-refractivity contribution is 9.10. The topological polar surface area (TPSA) is 52.0 Å². The molecule has 1 atom stereocenters. The van der Waals surface area contributed by atoms with Gasteiger partial charge in [-0.1, -0.05) is 23.4 Å². The number of rotatable bonds is 5. The van der Waals surface area contributed by atoms with Gasteiger partial charge in [0.25, 0.3) is 0 Å². The minimum atomic E-state index is 0.116. The van der Waals surface area contributed by atoms with Crippen molar-refractivity contribution in [2.24, 2.45) is 7.05 Å². The Morgan fingerprint density at radius 3 is 2.74 bits per heavy atom. The van der Waals surface area contributed by atoms with E-state index in [9.17, 15) is 0 Å². The van der Waals surface area contributed by atoms with Gasteiger partial charge < -0.3 is 10.1 Å². The standard InChI is InChI=1S/C13H17BrN4O/c1-15-10(12-13(14)16-17-18(12)2)8-9-6-4-5-7-11(9)19-3/h4-7,10,15H,8H2,1-3H3. The predicted octanol–water partition coefficient (Wildman–Crippen LogP) is 2.09. The van der Waals surface area contributed by atoms with Gasteiger partial charge in [0, 0.05) is 7.05 Å². The maximum Gasteiger partial charge on any atom is 0.153 e. The summed E-state index contributed by atoms with van der Waals surface area (Å²) in [4.78, 5) is 0. The maximum atomic E-state index is 5.39. The number of para-hydroxylation sites is 1. The first kappa shape index (κ1) is 14.0. The minimum Gasteiger partial charge on any atom is -0.496 e. The second-order valence-corrected chi connectivity index (χ2v) is 5.00. The Hall–Kier alpha value is -1.40. The van der Waals surface area contributed by atoms with Gasteiger partial charge in [-0.05, 0) is 41.0 Å². The number of ether oxygens (including phenoxy) is 1. The Labute approximate surface area is 121 Å². The van der Waals surface area contributed by atoms with Gasteiger partial charge in [-0.3, -0.25) is 0 Å². The molecule has 102 valence electrons. The van der Waals surface area contributed by atoms with Gasteiger partial charge in [0.1, 0.15) is 5.75 Å². The Morgan fingerprint density at radius 2 is 2.16 bits per heavy atom. The van der Waals surface area contributed by atoms with Crippen LogP contribution >= 0.6 is 15.9 Å². The van der Waals surface area contributed by atoms with Crippen LogP contribution in [0.3, 0.4) is 0 Å². The third-order valence-corrected chi connectivity index (χ3v) is 3.69. The average molecular weight is 325 g/mol. The number of nitrogens with one attached hydrogen (secondary N) is 1. The molecule has 0 amide bonds. The Bertz CT molecular complexity index is 536. The fourth-order valence-electron chi connectivity index (χ4n) is 2.14. The molecule has 0 saturated heterocycles. The van der Waals surface area contributed by atoms with Gasteiger partial charge in [0.15, 0.2) is 4.60 Å². The van der Waals surface area contributed by atoms with Crippen molar-refractivity contribution >= 4 is 15.9 Å². The highest BCUT2D eigenvalue weighted by atomic mass is 79.9. The lowest BCUT2D eigenvalue weighted by atomic mass is 10.0. The number of hydrogen-bond donors (Lipinski definition) is 1. The zero-order valence-electron chi connectivity index (χ0n) is 11.2. The van der Waals surface area contributed by atoms with Crippen LogP contribution < -0.4 is 10.1 Å². The summed E-state index contributed by atoms with van der Waals surface area (Å²) in [6, 6.07) is 8.14. The lowest BCUT2D eigenvalue weighted by molar-refractivity contribution is 0.405. The van der Waals surface area contributed by atoms with Gasteiger partial charge in [-0.15, -0.1) is 5.10 Å². The molecule has 0 saturated carbocycles. The molecule has 2 aromatic rings. The Morgan fingerprint density at radius 1 is 1.42 bits per heavy atom. The van der Waals surface area contributed by atoms with Crippen LogP contribution in [0, 0.1) is 0 Å². The monoisotopic (exact) mass is 324 g/mol. The number of nitrogens with zero attached hydrogens (tertiary/aromatic N) is 3. The van der Waals surface area contributed by atoms with Crippen molar-refractivity contribution < 1.29 is 4.74 Å². The third-order valence-electron chi connectivity index (χ3n) is 3.12. The number of aromatic nitrogens is 3. The van der Waals surface area contributed by atoms with Crippen LogP contribution in [0.15, 0.2) is 28.9 Å². The molecule has 1 aromatic heterocycles. The second-order valence-electron chi connectivity index (χ2n) is 4.25. The van der Waals surface area contributed by atoms with Crippen LogP contribution in [-0.4, -0.2) is 29.2 Å². The molecule has 0 aliphatic rings. The van der Waals surface area contributed by atoms with Crippen molar-refractivity contribution in [1.82, 2.24) is 20.3 Å². The number of halogens is 1. The van der Waals surface area contributed by atoms with E-state index in [1.165, 1.54) is 0 Å². The second kappa shape index (κ2) is 6.16. The summed E-state index contributed by atoms with van der Waals surface area (Å²) in [5.74, 6) is 0.897. The van der Waals surface area contributed by atoms with Crippen molar-refractivity contribution in [3.8, 4) is 5.75 Å². The van der Waals surface area contributed by atoms with E-state index >= 15 is 0 Å². The smallest absolute Gasteiger partial charge is 0.153 e. The number of benzene rings is 1. The largest absolute Gasteiger partial charge is 0.496 e. The van der Waals surface area contributed by atoms with Gasteiger partial charge in [-0.25, -0.2) is 4.68 Å². The Balaban J connectivity index is 2.29. The molecule has 5 nitrogen and oxygen atoms in total. The van der Waals surface area contributed by atoms with E-state index in [0.717, 1.165) is 28.0 Å². The molecule has 0 aliphatic carbocycles. The summed E-state index contributed by atoms with van der Waals surface area (Å²) < 4.78 is 7.94. The first-order chi connectivity index (χ1) is 9.17. The normalized spacial score (nSPS) is 12.4. The zero-order chi connectivity index (χ0) is 13.8. The van der Waals surface area contributed by atoms with Crippen molar-refractivity contribution in [3.05, 3.63) is 40.1 Å². The van der Waals surface area contributed by atoms with E-state index in [2.05, 4.69) is 37.6 Å². The zero-order valence-corrected chi connectivity index (χ0v) is 12.8. The van der Waals surface area contributed by atoms with Crippen molar-refractivity contribution in [2.75, 3.05) is 14.2 Å². The van der Waals surface area contributed by atoms with Crippen LogP contribution in [0.1, 0.15) is 17.3 Å². The van der Waals surface area contributed by atoms with E-state index < -0.39 is 0 Å². The molecule has 0 radical (unpaired) electrons. The van der Waals surface area contributed by atoms with Crippen molar-refractivity contribution in [3.63, 3.8) is 0 Å². The quantitative estimate of drug-likeness (QED) is 0.915. The highest BCUT2D eigenvalue weighted by Crippen LogP contribution is 2.27. The SMILES string of the molecule is CNC(Cc1ccccc1OC)c1c(Br)nnn1C. The summed E-state index contributed by atoms with van der Waals surface area (Å²) in [5.41, 5.74) is 2.17. The molecule has 0 spiro atoms. The summed E-state index contributed by atoms with van der Waals surface area (Å²) in [5, 5.41) is 11.3. The average Bonchev–Trinajstić information content (AvgIpc) is 2.76. The molecule has 0 bridgehead atoms.